The van der Waals surface area contributed by atoms with Crippen LogP contribution in [0.1, 0.15) is 13.3 Å². The Kier molecular flexibility index (Phi) is 4.55. The zero-order valence-electron chi connectivity index (χ0n) is 11.3. The molecular formula is C14H17FN2O3. The summed E-state index contributed by atoms with van der Waals surface area (Å²) >= 11 is 0. The van der Waals surface area contributed by atoms with Gasteiger partial charge in [0.25, 0.3) is 0 Å². The van der Waals surface area contributed by atoms with Crippen LogP contribution in [0.2, 0.25) is 0 Å². The maximum atomic E-state index is 13.2. The Morgan fingerprint density at radius 3 is 3.00 bits per heavy atom. The van der Waals surface area contributed by atoms with Crippen molar-refractivity contribution in [2.75, 3.05) is 24.6 Å². The predicted octanol–water partition coefficient (Wildman–Crippen LogP) is 1.08. The lowest BCUT2D eigenvalue weighted by atomic mass is 10.2. The normalized spacial score (nSPS) is 17.9. The molecule has 1 atom stereocenters. The number of hydrogen-bond acceptors (Lipinski definition) is 4. The second-order valence-electron chi connectivity index (χ2n) is 4.61. The summed E-state index contributed by atoms with van der Waals surface area (Å²) in [7, 11) is 0. The molecule has 1 saturated heterocycles. The monoisotopic (exact) mass is 280 g/mol. The molecule has 1 aromatic carbocycles. The minimum atomic E-state index is -0.864. The van der Waals surface area contributed by atoms with E-state index in [2.05, 4.69) is 10.1 Å². The van der Waals surface area contributed by atoms with Crippen LogP contribution in [0.3, 0.4) is 0 Å². The minimum Gasteiger partial charge on any atom is -0.459 e. The summed E-state index contributed by atoms with van der Waals surface area (Å²) in [5.41, 5.74) is 0.776. The highest BCUT2D eigenvalue weighted by molar-refractivity contribution is 6.32. The van der Waals surface area contributed by atoms with Crippen LogP contribution in [0, 0.1) is 5.82 Å². The number of carbonyl (C=O) groups excluding carboxylic acids is 2. The summed E-state index contributed by atoms with van der Waals surface area (Å²) in [6.45, 7) is 3.07. The number of benzene rings is 1. The average molecular weight is 280 g/mol. The molecule has 1 amide bonds. The highest BCUT2D eigenvalue weighted by atomic mass is 19.1. The first-order valence-corrected chi connectivity index (χ1v) is 6.58. The van der Waals surface area contributed by atoms with Gasteiger partial charge in [-0.25, -0.2) is 9.18 Å². The molecule has 1 fully saturated rings. The predicted molar refractivity (Wildman–Crippen MR) is 71.8 cm³/mol. The number of nitrogens with zero attached hydrogens (tertiary/aromatic N) is 1. The summed E-state index contributed by atoms with van der Waals surface area (Å²) in [4.78, 5) is 24.7. The van der Waals surface area contributed by atoms with Crippen molar-refractivity contribution in [3.8, 4) is 0 Å². The first-order chi connectivity index (χ1) is 9.60. The molecule has 1 aromatic rings. The van der Waals surface area contributed by atoms with Gasteiger partial charge in [-0.15, -0.1) is 0 Å². The van der Waals surface area contributed by atoms with Crippen molar-refractivity contribution in [3.63, 3.8) is 0 Å². The van der Waals surface area contributed by atoms with E-state index in [-0.39, 0.29) is 18.5 Å². The number of nitrogens with one attached hydrogen (secondary N) is 1. The second-order valence-corrected chi connectivity index (χ2v) is 4.61. The molecule has 1 aliphatic heterocycles. The highest BCUT2D eigenvalue weighted by Crippen LogP contribution is 2.20. The SMILES string of the molecule is CCOC(=O)C(=O)NC1CCN(c2cccc(F)c2)C1. The minimum absolute atomic E-state index is 0.129. The van der Waals surface area contributed by atoms with Crippen LogP contribution < -0.4 is 10.2 Å². The molecule has 5 nitrogen and oxygen atoms in total. The largest absolute Gasteiger partial charge is 0.459 e. The molecule has 1 heterocycles. The van der Waals surface area contributed by atoms with Crippen molar-refractivity contribution in [3.05, 3.63) is 30.1 Å². The van der Waals surface area contributed by atoms with Crippen LogP contribution in [-0.2, 0) is 14.3 Å². The lowest BCUT2D eigenvalue weighted by Crippen LogP contribution is -2.41. The number of amides is 1. The summed E-state index contributed by atoms with van der Waals surface area (Å²) in [5.74, 6) is -1.88. The van der Waals surface area contributed by atoms with E-state index in [0.717, 1.165) is 5.69 Å². The van der Waals surface area contributed by atoms with E-state index in [1.807, 2.05) is 11.0 Å². The van der Waals surface area contributed by atoms with E-state index >= 15 is 0 Å². The smallest absolute Gasteiger partial charge is 0.396 e. The van der Waals surface area contributed by atoms with E-state index < -0.39 is 11.9 Å². The first kappa shape index (κ1) is 14.3. The van der Waals surface area contributed by atoms with Crippen LogP contribution in [0.25, 0.3) is 0 Å². The van der Waals surface area contributed by atoms with Crippen molar-refractivity contribution in [1.82, 2.24) is 5.32 Å². The molecule has 0 radical (unpaired) electrons. The van der Waals surface area contributed by atoms with Gasteiger partial charge in [0.05, 0.1) is 6.61 Å². The van der Waals surface area contributed by atoms with Gasteiger partial charge in [0.2, 0.25) is 0 Å². The van der Waals surface area contributed by atoms with Crippen LogP contribution in [-0.4, -0.2) is 37.6 Å². The molecular weight excluding hydrogens is 263 g/mol. The average Bonchev–Trinajstić information content (AvgIpc) is 2.87. The quantitative estimate of drug-likeness (QED) is 0.665. The number of halogens is 1. The maximum absolute atomic E-state index is 13.2. The summed E-state index contributed by atoms with van der Waals surface area (Å²) in [6.07, 6.45) is 0.710. The fourth-order valence-electron chi connectivity index (χ4n) is 2.23. The van der Waals surface area contributed by atoms with E-state index in [1.54, 1.807) is 13.0 Å². The van der Waals surface area contributed by atoms with Gasteiger partial charge in [-0.3, -0.25) is 4.79 Å². The Morgan fingerprint density at radius 2 is 2.30 bits per heavy atom. The number of esters is 1. The summed E-state index contributed by atoms with van der Waals surface area (Å²) in [5, 5.41) is 2.63. The third kappa shape index (κ3) is 3.46. The molecule has 0 spiro atoms. The molecule has 1 aliphatic rings. The number of hydrogen-bond donors (Lipinski definition) is 1. The Hall–Kier alpha value is -2.11. The van der Waals surface area contributed by atoms with E-state index in [9.17, 15) is 14.0 Å². The fourth-order valence-corrected chi connectivity index (χ4v) is 2.23. The van der Waals surface area contributed by atoms with E-state index in [1.165, 1.54) is 12.1 Å². The molecule has 6 heteroatoms. The van der Waals surface area contributed by atoms with E-state index in [4.69, 9.17) is 0 Å². The van der Waals surface area contributed by atoms with Crippen molar-refractivity contribution >= 4 is 17.6 Å². The zero-order valence-corrected chi connectivity index (χ0v) is 11.3. The molecule has 20 heavy (non-hydrogen) atoms. The Bertz CT molecular complexity index is 507. The summed E-state index contributed by atoms with van der Waals surface area (Å²) in [6, 6.07) is 6.18. The van der Waals surface area contributed by atoms with Crippen LogP contribution in [0.5, 0.6) is 0 Å². The number of ether oxygens (including phenoxy) is 1. The van der Waals surface area contributed by atoms with Gasteiger partial charge < -0.3 is 15.0 Å². The molecule has 1 N–H and O–H groups in total. The Labute approximate surface area is 116 Å². The third-order valence-electron chi connectivity index (χ3n) is 3.16. The lowest BCUT2D eigenvalue weighted by Gasteiger charge is -2.18. The molecule has 0 aliphatic carbocycles. The van der Waals surface area contributed by atoms with Crippen molar-refractivity contribution in [2.24, 2.45) is 0 Å². The molecule has 1 unspecified atom stereocenters. The molecule has 2 rings (SSSR count). The van der Waals surface area contributed by atoms with Crippen molar-refractivity contribution in [1.29, 1.82) is 0 Å². The Morgan fingerprint density at radius 1 is 1.50 bits per heavy atom. The second kappa shape index (κ2) is 6.36. The van der Waals surface area contributed by atoms with Gasteiger partial charge in [-0.1, -0.05) is 6.07 Å². The van der Waals surface area contributed by atoms with Crippen LogP contribution in [0.4, 0.5) is 10.1 Å². The molecule has 0 aromatic heterocycles. The van der Waals surface area contributed by atoms with Crippen molar-refractivity contribution in [2.45, 2.75) is 19.4 Å². The molecule has 108 valence electrons. The fraction of sp³-hybridized carbons (Fsp3) is 0.429. The van der Waals surface area contributed by atoms with Gasteiger partial charge >= 0.3 is 11.9 Å². The maximum Gasteiger partial charge on any atom is 0.396 e. The molecule has 0 saturated carbocycles. The zero-order chi connectivity index (χ0) is 14.5. The Balaban J connectivity index is 1.89. The number of carbonyl (C=O) groups is 2. The number of rotatable bonds is 3. The van der Waals surface area contributed by atoms with E-state index in [0.29, 0.717) is 19.5 Å². The van der Waals surface area contributed by atoms with Gasteiger partial charge in [-0.2, -0.15) is 0 Å². The van der Waals surface area contributed by atoms with Gasteiger partial charge in [0.1, 0.15) is 5.82 Å². The van der Waals surface area contributed by atoms with Gasteiger partial charge in [-0.05, 0) is 31.5 Å². The number of anilines is 1. The lowest BCUT2D eigenvalue weighted by molar-refractivity contribution is -0.154. The summed E-state index contributed by atoms with van der Waals surface area (Å²) < 4.78 is 17.8. The van der Waals surface area contributed by atoms with Gasteiger partial charge in [0.15, 0.2) is 0 Å². The van der Waals surface area contributed by atoms with Gasteiger partial charge in [0, 0.05) is 24.8 Å². The molecule has 0 bridgehead atoms. The van der Waals surface area contributed by atoms with Crippen LogP contribution >= 0.6 is 0 Å². The third-order valence-corrected chi connectivity index (χ3v) is 3.16. The van der Waals surface area contributed by atoms with Crippen LogP contribution in [0.15, 0.2) is 24.3 Å². The van der Waals surface area contributed by atoms with Crippen molar-refractivity contribution < 1.29 is 18.7 Å². The topological polar surface area (TPSA) is 58.6 Å². The standard InChI is InChI=1S/C14H17FN2O3/c1-2-20-14(19)13(18)16-11-6-7-17(9-11)12-5-3-4-10(15)8-12/h3-5,8,11H,2,6-7,9H2,1H3,(H,16,18). The highest BCUT2D eigenvalue weighted by Gasteiger charge is 2.26. The first-order valence-electron chi connectivity index (χ1n) is 6.58.